The molecule has 2 atom stereocenters. The van der Waals surface area contributed by atoms with Crippen molar-refractivity contribution in [1.82, 2.24) is 15.6 Å². The van der Waals surface area contributed by atoms with Crippen LogP contribution in [0.15, 0.2) is 54.7 Å². The van der Waals surface area contributed by atoms with Crippen molar-refractivity contribution < 1.29 is 23.8 Å². The first-order valence-electron chi connectivity index (χ1n) is 12.5. The molecule has 2 aromatic carbocycles. The van der Waals surface area contributed by atoms with Crippen molar-refractivity contribution >= 4 is 53.2 Å². The SMILES string of the molecule is CN[C@@H](C)C(=O)N[C@@H]1C(=O)N(Cc2c(OC)cnc3ccccc23)c2ccccc2OC12CCOCC2.Cl.Cl. The lowest BCUT2D eigenvalue weighted by molar-refractivity contribution is -0.138. The highest BCUT2D eigenvalue weighted by molar-refractivity contribution is 6.03. The van der Waals surface area contributed by atoms with Crippen LogP contribution < -0.4 is 25.0 Å². The minimum Gasteiger partial charge on any atom is -0.495 e. The second-order valence-electron chi connectivity index (χ2n) is 9.45. The van der Waals surface area contributed by atoms with Gasteiger partial charge < -0.3 is 29.7 Å². The van der Waals surface area contributed by atoms with E-state index in [2.05, 4.69) is 15.6 Å². The summed E-state index contributed by atoms with van der Waals surface area (Å²) in [7, 11) is 3.30. The first kappa shape index (κ1) is 30.4. The van der Waals surface area contributed by atoms with Crippen LogP contribution in [0, 0.1) is 0 Å². The number of nitrogens with zero attached hydrogens (tertiary/aromatic N) is 2. The Labute approximate surface area is 240 Å². The van der Waals surface area contributed by atoms with Crippen LogP contribution in [-0.4, -0.2) is 61.9 Å². The first-order valence-corrected chi connectivity index (χ1v) is 12.5. The molecule has 1 aromatic heterocycles. The number of fused-ring (bicyclic) bond motifs is 2. The van der Waals surface area contributed by atoms with Crippen molar-refractivity contribution in [2.75, 3.05) is 32.3 Å². The summed E-state index contributed by atoms with van der Waals surface area (Å²) in [6.45, 7) is 2.85. The third-order valence-corrected chi connectivity index (χ3v) is 7.34. The van der Waals surface area contributed by atoms with Crippen LogP contribution in [0.3, 0.4) is 0 Å². The molecule has 1 spiro atoms. The van der Waals surface area contributed by atoms with E-state index in [0.29, 0.717) is 43.2 Å². The fourth-order valence-electron chi connectivity index (χ4n) is 5.08. The second-order valence-corrected chi connectivity index (χ2v) is 9.45. The van der Waals surface area contributed by atoms with E-state index in [1.54, 1.807) is 32.2 Å². The topological polar surface area (TPSA) is 102 Å². The van der Waals surface area contributed by atoms with Gasteiger partial charge in [0, 0.05) is 23.8 Å². The molecule has 2 amide bonds. The van der Waals surface area contributed by atoms with Crippen LogP contribution in [0.5, 0.6) is 11.5 Å². The number of benzene rings is 2. The van der Waals surface area contributed by atoms with Crippen LogP contribution in [0.25, 0.3) is 10.9 Å². The second kappa shape index (κ2) is 12.8. The van der Waals surface area contributed by atoms with Crippen LogP contribution in [0.1, 0.15) is 25.3 Å². The van der Waals surface area contributed by atoms with Crippen molar-refractivity contribution in [3.05, 3.63) is 60.3 Å². The average molecular weight is 578 g/mol. The number of pyridine rings is 1. The van der Waals surface area contributed by atoms with Crippen LogP contribution in [0.2, 0.25) is 0 Å². The molecule has 5 rings (SSSR count). The highest BCUT2D eigenvalue weighted by atomic mass is 35.5. The number of anilines is 1. The first-order chi connectivity index (χ1) is 18.0. The van der Waals surface area contributed by atoms with Crippen molar-refractivity contribution in [3.63, 3.8) is 0 Å². The monoisotopic (exact) mass is 576 g/mol. The Hall–Kier alpha value is -3.11. The van der Waals surface area contributed by atoms with Gasteiger partial charge in [0.1, 0.15) is 23.1 Å². The van der Waals surface area contributed by atoms with Crippen LogP contribution in [-0.2, 0) is 20.9 Å². The Kier molecular flexibility index (Phi) is 10.0. The van der Waals surface area contributed by atoms with Crippen molar-refractivity contribution in [2.45, 2.75) is 44.0 Å². The predicted molar refractivity (Wildman–Crippen MR) is 154 cm³/mol. The number of carbonyl (C=O) groups excluding carboxylic acids is 2. The number of rotatable bonds is 6. The van der Waals surface area contributed by atoms with Crippen LogP contribution in [0.4, 0.5) is 5.69 Å². The number of aromatic nitrogens is 1. The molecule has 11 heteroatoms. The third kappa shape index (κ3) is 5.77. The lowest BCUT2D eigenvalue weighted by Crippen LogP contribution is -2.65. The molecule has 1 saturated heterocycles. The summed E-state index contributed by atoms with van der Waals surface area (Å²) in [4.78, 5) is 33.8. The van der Waals surface area contributed by atoms with Gasteiger partial charge in [-0.15, -0.1) is 24.8 Å². The van der Waals surface area contributed by atoms with Crippen molar-refractivity contribution in [2.24, 2.45) is 0 Å². The maximum Gasteiger partial charge on any atom is 0.254 e. The Balaban J connectivity index is 0.00000210. The predicted octanol–water partition coefficient (Wildman–Crippen LogP) is 3.65. The maximum absolute atomic E-state index is 14.5. The molecule has 0 unspecified atom stereocenters. The number of halogens is 2. The highest BCUT2D eigenvalue weighted by Crippen LogP contribution is 2.42. The van der Waals surface area contributed by atoms with Gasteiger partial charge in [0.2, 0.25) is 5.91 Å². The minimum absolute atomic E-state index is 0. The number of amides is 2. The van der Waals surface area contributed by atoms with Gasteiger partial charge in [-0.2, -0.15) is 0 Å². The molecule has 0 saturated carbocycles. The molecule has 1 fully saturated rings. The zero-order valence-electron chi connectivity index (χ0n) is 22.1. The fourth-order valence-corrected chi connectivity index (χ4v) is 5.08. The molecular formula is C28H34Cl2N4O5. The smallest absolute Gasteiger partial charge is 0.254 e. The summed E-state index contributed by atoms with van der Waals surface area (Å²) in [5.41, 5.74) is 1.33. The number of ether oxygens (including phenoxy) is 3. The summed E-state index contributed by atoms with van der Waals surface area (Å²) in [5.74, 6) is 0.660. The fraction of sp³-hybridized carbons (Fsp3) is 0.393. The largest absolute Gasteiger partial charge is 0.495 e. The van der Waals surface area contributed by atoms with E-state index in [0.717, 1.165) is 16.5 Å². The van der Waals surface area contributed by atoms with Gasteiger partial charge in [-0.1, -0.05) is 30.3 Å². The number of carbonyl (C=O) groups is 2. The minimum atomic E-state index is -0.937. The van der Waals surface area contributed by atoms with Gasteiger partial charge in [0.25, 0.3) is 5.91 Å². The van der Waals surface area contributed by atoms with E-state index in [4.69, 9.17) is 14.2 Å². The molecule has 2 aliphatic heterocycles. The molecule has 39 heavy (non-hydrogen) atoms. The molecule has 210 valence electrons. The summed E-state index contributed by atoms with van der Waals surface area (Å²) in [5, 5.41) is 6.86. The lowest BCUT2D eigenvalue weighted by atomic mass is 9.84. The molecule has 0 radical (unpaired) electrons. The van der Waals surface area contributed by atoms with E-state index in [1.807, 2.05) is 48.5 Å². The quantitative estimate of drug-likeness (QED) is 0.461. The Bertz CT molecular complexity index is 1320. The van der Waals surface area contributed by atoms with Gasteiger partial charge >= 0.3 is 0 Å². The van der Waals surface area contributed by atoms with E-state index < -0.39 is 17.7 Å². The van der Waals surface area contributed by atoms with E-state index in [-0.39, 0.29) is 43.2 Å². The zero-order chi connectivity index (χ0) is 26.0. The molecule has 3 aromatic rings. The molecule has 0 bridgehead atoms. The Morgan fingerprint density at radius 2 is 1.85 bits per heavy atom. The van der Waals surface area contributed by atoms with Gasteiger partial charge in [-0.25, -0.2) is 0 Å². The van der Waals surface area contributed by atoms with E-state index in [1.165, 1.54) is 0 Å². The van der Waals surface area contributed by atoms with Crippen molar-refractivity contribution in [3.8, 4) is 11.5 Å². The van der Waals surface area contributed by atoms with Gasteiger partial charge in [-0.3, -0.25) is 14.6 Å². The number of hydrogen-bond donors (Lipinski definition) is 2. The Morgan fingerprint density at radius 1 is 1.15 bits per heavy atom. The molecule has 9 nitrogen and oxygen atoms in total. The average Bonchev–Trinajstić information content (AvgIpc) is 3.02. The number of para-hydroxylation sites is 3. The molecular weight excluding hydrogens is 543 g/mol. The Morgan fingerprint density at radius 3 is 2.56 bits per heavy atom. The summed E-state index contributed by atoms with van der Waals surface area (Å²) in [6, 6.07) is 13.9. The molecule has 2 aliphatic rings. The van der Waals surface area contributed by atoms with E-state index in [9.17, 15) is 9.59 Å². The third-order valence-electron chi connectivity index (χ3n) is 7.34. The van der Waals surface area contributed by atoms with Gasteiger partial charge in [-0.05, 0) is 32.2 Å². The van der Waals surface area contributed by atoms with Gasteiger partial charge in [0.15, 0.2) is 0 Å². The number of likely N-dealkylation sites (N-methyl/N-ethyl adjacent to an activating group) is 1. The summed E-state index contributed by atoms with van der Waals surface area (Å²) >= 11 is 0. The number of methoxy groups -OCH3 is 1. The van der Waals surface area contributed by atoms with Crippen LogP contribution >= 0.6 is 24.8 Å². The zero-order valence-corrected chi connectivity index (χ0v) is 23.8. The van der Waals surface area contributed by atoms with Gasteiger partial charge in [0.05, 0.1) is 50.3 Å². The van der Waals surface area contributed by atoms with Crippen molar-refractivity contribution in [1.29, 1.82) is 0 Å². The normalized spacial score (nSPS) is 18.6. The lowest BCUT2D eigenvalue weighted by Gasteiger charge is -2.41. The number of nitrogens with one attached hydrogen (secondary N) is 2. The number of hydrogen-bond acceptors (Lipinski definition) is 7. The highest BCUT2D eigenvalue weighted by Gasteiger charge is 2.51. The summed E-state index contributed by atoms with van der Waals surface area (Å²) in [6.07, 6.45) is 2.62. The molecule has 2 N–H and O–H groups in total. The molecule has 0 aliphatic carbocycles. The standard InChI is InChI=1S/C28H32N4O5.2ClH/c1-18(29-2)26(33)31-25-27(34)32(17-20-19-8-4-5-9-21(19)30-16-24(20)35-3)22-10-6-7-11-23(22)37-28(25)12-14-36-15-13-28;;/h4-11,16,18,25,29H,12-15,17H2,1-3H3,(H,31,33);2*1H/t18-,25+;;/m0../s1. The molecule has 3 heterocycles. The van der Waals surface area contributed by atoms with E-state index >= 15 is 0 Å². The summed E-state index contributed by atoms with van der Waals surface area (Å²) < 4.78 is 18.0. The maximum atomic E-state index is 14.5.